The summed E-state index contributed by atoms with van der Waals surface area (Å²) in [4.78, 5) is 35.2. The minimum absolute atomic E-state index is 0.144. The molecule has 0 unspecified atom stereocenters. The van der Waals surface area contributed by atoms with E-state index < -0.39 is 11.5 Å². The molecule has 0 radical (unpaired) electrons. The average molecular weight is 442 g/mol. The first-order valence-corrected chi connectivity index (χ1v) is 11.2. The minimum atomic E-state index is -1.45. The number of hydroxylamine groups is 1. The van der Waals surface area contributed by atoms with Gasteiger partial charge in [-0.25, -0.2) is 9.67 Å². The third kappa shape index (κ3) is 4.02. The largest absolute Gasteiger partial charge is 0.381 e. The van der Waals surface area contributed by atoms with Gasteiger partial charge in [-0.05, 0) is 25.8 Å². The number of carbonyl (C=O) groups is 2. The predicted molar refractivity (Wildman–Crippen MR) is 121 cm³/mol. The highest BCUT2D eigenvalue weighted by Crippen LogP contribution is 2.36. The summed E-state index contributed by atoms with van der Waals surface area (Å²) >= 11 is 0. The molecule has 4 N–H and O–H groups in total. The Morgan fingerprint density at radius 3 is 2.69 bits per heavy atom. The zero-order chi connectivity index (χ0) is 22.7. The number of carbonyl (C=O) groups excluding carboxylic acids is 2. The summed E-state index contributed by atoms with van der Waals surface area (Å²) in [5.74, 6) is -0.704. The number of likely N-dealkylation sites (N-methyl/N-ethyl adjacent to an activating group) is 1. The maximum absolute atomic E-state index is 12.7. The lowest BCUT2D eigenvalue weighted by atomic mass is 9.94. The number of nitrogens with zero attached hydrogens (tertiary/aromatic N) is 3. The number of aromatic nitrogens is 3. The summed E-state index contributed by atoms with van der Waals surface area (Å²) in [6, 6.07) is 0.357. The lowest BCUT2D eigenvalue weighted by Crippen LogP contribution is -2.48. The molecule has 1 aliphatic carbocycles. The Kier molecular flexibility index (Phi) is 6.31. The van der Waals surface area contributed by atoms with E-state index in [1.807, 2.05) is 17.8 Å². The number of rotatable bonds is 7. The van der Waals surface area contributed by atoms with Gasteiger partial charge < -0.3 is 16.0 Å². The van der Waals surface area contributed by atoms with Crippen molar-refractivity contribution in [2.75, 3.05) is 19.4 Å². The summed E-state index contributed by atoms with van der Waals surface area (Å²) in [6.45, 7) is 2.75. The Labute approximate surface area is 187 Å². The number of aryl methyl sites for hydroxylation is 1. The van der Waals surface area contributed by atoms with E-state index >= 15 is 0 Å². The molecule has 4 rings (SSSR count). The van der Waals surface area contributed by atoms with Gasteiger partial charge in [0.25, 0.3) is 5.91 Å². The maximum Gasteiger partial charge on any atom is 0.259 e. The number of anilines is 1. The number of fused-ring (bicyclic) bond motifs is 1. The molecule has 10 heteroatoms. The second-order valence-corrected chi connectivity index (χ2v) is 8.30. The van der Waals surface area contributed by atoms with Crippen molar-refractivity contribution in [1.82, 2.24) is 30.9 Å². The van der Waals surface area contributed by atoms with E-state index in [2.05, 4.69) is 31.5 Å². The second-order valence-electron chi connectivity index (χ2n) is 8.30. The fourth-order valence-corrected chi connectivity index (χ4v) is 4.46. The number of nitrogens with one attached hydrogen (secondary N) is 4. The minimum Gasteiger partial charge on any atom is -0.381 e. The summed E-state index contributed by atoms with van der Waals surface area (Å²) < 4.78 is 1.86. The van der Waals surface area contributed by atoms with Crippen molar-refractivity contribution in [2.24, 2.45) is 0 Å². The molecule has 2 aromatic rings. The number of amides is 2. The summed E-state index contributed by atoms with van der Waals surface area (Å²) in [5, 5.41) is 14.3. The van der Waals surface area contributed by atoms with Crippen molar-refractivity contribution in [2.45, 2.75) is 63.6 Å². The Morgan fingerprint density at radius 1 is 1.22 bits per heavy atom. The Balaban J connectivity index is 1.78. The molecule has 2 aliphatic rings. The van der Waals surface area contributed by atoms with E-state index in [0.29, 0.717) is 18.3 Å². The van der Waals surface area contributed by atoms with Gasteiger partial charge in [-0.1, -0.05) is 19.3 Å². The van der Waals surface area contributed by atoms with Gasteiger partial charge in [0.2, 0.25) is 11.5 Å². The lowest BCUT2D eigenvalue weighted by molar-refractivity contribution is -0.148. The average Bonchev–Trinajstić information content (AvgIpc) is 3.44. The van der Waals surface area contributed by atoms with Gasteiger partial charge in [0.15, 0.2) is 5.65 Å². The molecule has 0 aromatic carbocycles. The number of hydrogen-bond donors (Lipinski definition) is 4. The fourth-order valence-electron chi connectivity index (χ4n) is 4.46. The van der Waals surface area contributed by atoms with Crippen LogP contribution in [0.2, 0.25) is 0 Å². The van der Waals surface area contributed by atoms with E-state index in [4.69, 9.17) is 4.84 Å². The van der Waals surface area contributed by atoms with Crippen LogP contribution in [0.25, 0.3) is 16.7 Å². The van der Waals surface area contributed by atoms with Crippen molar-refractivity contribution < 1.29 is 14.4 Å². The first-order valence-electron chi connectivity index (χ1n) is 11.2. The third-order valence-electron chi connectivity index (χ3n) is 6.24. The van der Waals surface area contributed by atoms with Crippen molar-refractivity contribution in [3.8, 4) is 0 Å². The standard InChI is InChI=1S/C22H31N7O3/c1-4-29-20-16(13-26-29)19(27-14-8-6-5-7-9-14)15(12-25-20)17-10-22(32-28-17,21(31)24-3)11-18(30)23-2/h10,12-14,28H,4-9,11H2,1-3H3,(H,23,30)(H,24,31)(H,25,27)/t22-/m0/s1. The molecule has 10 nitrogen and oxygen atoms in total. The highest BCUT2D eigenvalue weighted by atomic mass is 16.7. The van der Waals surface area contributed by atoms with E-state index in [1.165, 1.54) is 33.4 Å². The van der Waals surface area contributed by atoms with E-state index in [9.17, 15) is 9.59 Å². The van der Waals surface area contributed by atoms with Crippen LogP contribution in [0.15, 0.2) is 18.5 Å². The molecule has 3 heterocycles. The van der Waals surface area contributed by atoms with Gasteiger partial charge >= 0.3 is 0 Å². The summed E-state index contributed by atoms with van der Waals surface area (Å²) in [5.41, 5.74) is 4.52. The molecule has 0 bridgehead atoms. The SMILES string of the molecule is CCn1ncc2c(NC3CCCCC3)c(C3=C[C@](CC(=O)NC)(C(=O)NC)ON3)cnc21. The number of hydrogen-bond acceptors (Lipinski definition) is 7. The smallest absolute Gasteiger partial charge is 0.259 e. The molecular weight excluding hydrogens is 410 g/mol. The first-order chi connectivity index (χ1) is 15.5. The molecule has 172 valence electrons. The Morgan fingerprint density at radius 2 is 2.00 bits per heavy atom. The van der Waals surface area contributed by atoms with Gasteiger partial charge in [0.1, 0.15) is 0 Å². The van der Waals surface area contributed by atoms with Crippen LogP contribution in [0.4, 0.5) is 5.69 Å². The van der Waals surface area contributed by atoms with Gasteiger partial charge in [0.05, 0.1) is 29.4 Å². The third-order valence-corrected chi connectivity index (χ3v) is 6.24. The van der Waals surface area contributed by atoms with Crippen LogP contribution in [-0.4, -0.2) is 52.3 Å². The molecular formula is C22H31N7O3. The van der Waals surface area contributed by atoms with Crippen molar-refractivity contribution in [3.05, 3.63) is 24.0 Å². The van der Waals surface area contributed by atoms with E-state index in [-0.39, 0.29) is 12.3 Å². The molecule has 1 saturated carbocycles. The Hall–Kier alpha value is -3.14. The van der Waals surface area contributed by atoms with Crippen LogP contribution < -0.4 is 21.4 Å². The summed E-state index contributed by atoms with van der Waals surface area (Å²) in [7, 11) is 3.05. The first kappa shape index (κ1) is 22.1. The highest BCUT2D eigenvalue weighted by molar-refractivity contribution is 5.99. The fraction of sp³-hybridized carbons (Fsp3) is 0.545. The van der Waals surface area contributed by atoms with Crippen LogP contribution in [0, 0.1) is 0 Å². The van der Waals surface area contributed by atoms with E-state index in [0.717, 1.165) is 35.1 Å². The molecule has 0 spiro atoms. The van der Waals surface area contributed by atoms with Crippen molar-refractivity contribution >= 4 is 34.2 Å². The van der Waals surface area contributed by atoms with Crippen molar-refractivity contribution in [1.29, 1.82) is 0 Å². The molecule has 32 heavy (non-hydrogen) atoms. The molecule has 1 fully saturated rings. The van der Waals surface area contributed by atoms with Gasteiger partial charge in [0, 0.05) is 38.4 Å². The van der Waals surface area contributed by atoms with Crippen LogP contribution in [0.1, 0.15) is 51.0 Å². The summed E-state index contributed by atoms with van der Waals surface area (Å²) in [6.07, 6.45) is 11.0. The predicted octanol–water partition coefficient (Wildman–Crippen LogP) is 1.69. The van der Waals surface area contributed by atoms with Crippen LogP contribution in [0.5, 0.6) is 0 Å². The van der Waals surface area contributed by atoms with Gasteiger partial charge in [-0.15, -0.1) is 0 Å². The van der Waals surface area contributed by atoms with Crippen molar-refractivity contribution in [3.63, 3.8) is 0 Å². The maximum atomic E-state index is 12.7. The van der Waals surface area contributed by atoms with Crippen LogP contribution in [-0.2, 0) is 21.0 Å². The van der Waals surface area contributed by atoms with Gasteiger partial charge in [-0.3, -0.25) is 19.9 Å². The molecule has 1 atom stereocenters. The topological polar surface area (TPSA) is 122 Å². The zero-order valence-corrected chi connectivity index (χ0v) is 18.8. The molecule has 2 amide bonds. The van der Waals surface area contributed by atoms with Crippen LogP contribution >= 0.6 is 0 Å². The van der Waals surface area contributed by atoms with Gasteiger partial charge in [-0.2, -0.15) is 5.10 Å². The monoisotopic (exact) mass is 441 g/mol. The number of pyridine rings is 1. The highest BCUT2D eigenvalue weighted by Gasteiger charge is 2.45. The Bertz CT molecular complexity index is 1040. The molecule has 1 aliphatic heterocycles. The lowest BCUT2D eigenvalue weighted by Gasteiger charge is -2.25. The zero-order valence-electron chi connectivity index (χ0n) is 18.8. The molecule has 0 saturated heterocycles. The van der Waals surface area contributed by atoms with E-state index in [1.54, 1.807) is 12.3 Å². The molecule has 2 aromatic heterocycles. The van der Waals surface area contributed by atoms with Crippen LogP contribution in [0.3, 0.4) is 0 Å². The second kappa shape index (κ2) is 9.15. The quantitative estimate of drug-likeness (QED) is 0.516. The normalized spacial score (nSPS) is 21.2.